The largest absolute Gasteiger partial charge is 0.504 e. The van der Waals surface area contributed by atoms with Gasteiger partial charge >= 0.3 is 5.97 Å². The summed E-state index contributed by atoms with van der Waals surface area (Å²) in [5.74, 6) is -0.946. The van der Waals surface area contributed by atoms with Crippen molar-refractivity contribution in [3.63, 3.8) is 0 Å². The molecular weight excluding hydrogens is 256 g/mol. The van der Waals surface area contributed by atoms with Crippen molar-refractivity contribution >= 4 is 12.0 Å². The van der Waals surface area contributed by atoms with Crippen LogP contribution in [0.2, 0.25) is 0 Å². The number of ether oxygens (including phenoxy) is 1. The summed E-state index contributed by atoms with van der Waals surface area (Å²) in [6.45, 7) is 3.46. The second kappa shape index (κ2) is 12.0. The van der Waals surface area contributed by atoms with Crippen LogP contribution in [-0.4, -0.2) is 29.9 Å². The minimum absolute atomic E-state index is 0.118. The molecule has 0 saturated heterocycles. The molecule has 0 radical (unpaired) electrons. The minimum atomic E-state index is -0.946. The zero-order valence-corrected chi connectivity index (χ0v) is 11.8. The van der Waals surface area contributed by atoms with Crippen molar-refractivity contribution in [1.29, 1.82) is 0 Å². The summed E-state index contributed by atoms with van der Waals surface area (Å²) < 4.78 is 4.77. The van der Waals surface area contributed by atoms with Crippen molar-refractivity contribution in [2.75, 3.05) is 13.7 Å². The van der Waals surface area contributed by atoms with Crippen LogP contribution in [0.25, 0.3) is 6.08 Å². The molecule has 0 saturated carbocycles. The number of carboxylic acids is 1. The molecule has 0 heterocycles. The monoisotopic (exact) mass is 278 g/mol. The van der Waals surface area contributed by atoms with Crippen LogP contribution >= 0.6 is 0 Å². The van der Waals surface area contributed by atoms with Gasteiger partial charge < -0.3 is 14.9 Å². The van der Waals surface area contributed by atoms with Gasteiger partial charge in [0.05, 0.1) is 13.4 Å². The van der Waals surface area contributed by atoms with Crippen molar-refractivity contribution in [3.8, 4) is 0 Å². The molecule has 1 rings (SSSR count). The summed E-state index contributed by atoms with van der Waals surface area (Å²) in [4.78, 5) is 10.1. The molecule has 0 aliphatic heterocycles. The van der Waals surface area contributed by atoms with Gasteiger partial charge in [0.2, 0.25) is 0 Å². The Kier molecular flexibility index (Phi) is 10.7. The van der Waals surface area contributed by atoms with E-state index < -0.39 is 5.97 Å². The highest BCUT2D eigenvalue weighted by atomic mass is 16.5. The van der Waals surface area contributed by atoms with Crippen LogP contribution in [-0.2, 0) is 9.53 Å². The Hall–Kier alpha value is -2.07. The Morgan fingerprint density at radius 1 is 1.30 bits per heavy atom. The molecule has 110 valence electrons. The molecule has 1 aromatic rings. The van der Waals surface area contributed by atoms with Gasteiger partial charge in [0.25, 0.3) is 0 Å². The van der Waals surface area contributed by atoms with Crippen LogP contribution in [0.1, 0.15) is 24.8 Å². The third kappa shape index (κ3) is 9.91. The van der Waals surface area contributed by atoms with Gasteiger partial charge in [-0.15, -0.1) is 0 Å². The summed E-state index contributed by atoms with van der Waals surface area (Å²) in [6.07, 6.45) is 5.39. The number of aliphatic carboxylic acids is 1. The van der Waals surface area contributed by atoms with Gasteiger partial charge in [0.1, 0.15) is 0 Å². The van der Waals surface area contributed by atoms with E-state index in [1.165, 1.54) is 0 Å². The number of methoxy groups -OCH3 is 1. The molecule has 0 unspecified atom stereocenters. The molecule has 0 amide bonds. The van der Waals surface area contributed by atoms with Crippen LogP contribution in [0, 0.1) is 0 Å². The van der Waals surface area contributed by atoms with Crippen molar-refractivity contribution in [2.45, 2.75) is 19.3 Å². The Morgan fingerprint density at radius 2 is 1.95 bits per heavy atom. The summed E-state index contributed by atoms with van der Waals surface area (Å²) in [6, 6.07) is 10.0. The first kappa shape index (κ1) is 17.9. The van der Waals surface area contributed by atoms with Gasteiger partial charge in [0.15, 0.2) is 0 Å². The molecule has 0 aliphatic rings. The van der Waals surface area contributed by atoms with Gasteiger partial charge in [0, 0.05) is 12.2 Å². The topological polar surface area (TPSA) is 66.8 Å². The lowest BCUT2D eigenvalue weighted by Gasteiger charge is -1.96. The lowest BCUT2D eigenvalue weighted by atomic mass is 10.1. The quantitative estimate of drug-likeness (QED) is 0.457. The standard InChI is InChI=1S/C9H10O.C7H12O3/c1-10-8-7-9-5-3-2-4-6-9;1-6(7(9)10)4-2-3-5-8/h2-8H,1H3;8H,1-5H2,(H,9,10). The molecule has 4 heteroatoms. The average Bonchev–Trinajstić information content (AvgIpc) is 2.47. The number of carbonyl (C=O) groups is 1. The summed E-state index contributed by atoms with van der Waals surface area (Å²) >= 11 is 0. The smallest absolute Gasteiger partial charge is 0.330 e. The molecule has 0 atom stereocenters. The van der Waals surface area contributed by atoms with Crippen LogP contribution < -0.4 is 0 Å². The number of carboxylic acid groups (broad SMARTS) is 1. The number of hydrogen-bond acceptors (Lipinski definition) is 3. The van der Waals surface area contributed by atoms with E-state index in [0.29, 0.717) is 19.3 Å². The predicted octanol–water partition coefficient (Wildman–Crippen LogP) is 3.09. The maximum atomic E-state index is 10.1. The summed E-state index contributed by atoms with van der Waals surface area (Å²) in [5.41, 5.74) is 1.37. The Balaban J connectivity index is 0.000000361. The maximum absolute atomic E-state index is 10.1. The van der Waals surface area contributed by atoms with E-state index in [9.17, 15) is 4.79 Å². The molecule has 2 N–H and O–H groups in total. The first-order chi connectivity index (χ1) is 9.61. The Morgan fingerprint density at radius 3 is 2.45 bits per heavy atom. The molecule has 1 aromatic carbocycles. The lowest BCUT2D eigenvalue weighted by Crippen LogP contribution is -1.98. The number of aliphatic hydroxyl groups is 1. The normalized spacial score (nSPS) is 9.70. The lowest BCUT2D eigenvalue weighted by molar-refractivity contribution is -0.132. The molecule has 0 fully saturated rings. The highest BCUT2D eigenvalue weighted by molar-refractivity contribution is 5.85. The zero-order valence-electron chi connectivity index (χ0n) is 11.8. The highest BCUT2D eigenvalue weighted by Crippen LogP contribution is 2.03. The van der Waals surface area contributed by atoms with Crippen molar-refractivity contribution < 1.29 is 19.7 Å². The number of rotatable bonds is 7. The molecule has 20 heavy (non-hydrogen) atoms. The van der Waals surface area contributed by atoms with Crippen LogP contribution in [0.5, 0.6) is 0 Å². The van der Waals surface area contributed by atoms with Crippen molar-refractivity contribution in [1.82, 2.24) is 0 Å². The van der Waals surface area contributed by atoms with E-state index in [1.807, 2.05) is 36.4 Å². The molecule has 0 bridgehead atoms. The molecule has 0 aromatic heterocycles. The van der Waals surface area contributed by atoms with Crippen LogP contribution in [0.4, 0.5) is 0 Å². The average molecular weight is 278 g/mol. The number of hydrogen-bond donors (Lipinski definition) is 2. The van der Waals surface area contributed by atoms with E-state index in [2.05, 4.69) is 6.58 Å². The number of aliphatic hydroxyl groups excluding tert-OH is 1. The number of benzene rings is 1. The second-order valence-electron chi connectivity index (χ2n) is 4.04. The third-order valence-corrected chi connectivity index (χ3v) is 2.39. The van der Waals surface area contributed by atoms with E-state index in [1.54, 1.807) is 13.4 Å². The molecular formula is C16H22O4. The minimum Gasteiger partial charge on any atom is -0.504 e. The second-order valence-corrected chi connectivity index (χ2v) is 4.04. The fourth-order valence-corrected chi connectivity index (χ4v) is 1.27. The highest BCUT2D eigenvalue weighted by Gasteiger charge is 2.01. The van der Waals surface area contributed by atoms with E-state index in [4.69, 9.17) is 14.9 Å². The first-order valence-electron chi connectivity index (χ1n) is 6.38. The van der Waals surface area contributed by atoms with Gasteiger partial charge in [-0.3, -0.25) is 0 Å². The first-order valence-corrected chi connectivity index (χ1v) is 6.38. The van der Waals surface area contributed by atoms with E-state index >= 15 is 0 Å². The fraction of sp³-hybridized carbons (Fsp3) is 0.312. The summed E-state index contributed by atoms with van der Waals surface area (Å²) in [5, 5.41) is 16.7. The SMILES string of the molecule is C=C(CCCCO)C(=O)O.COC=Cc1ccccc1. The van der Waals surface area contributed by atoms with Crippen LogP contribution in [0.3, 0.4) is 0 Å². The number of unbranched alkanes of at least 4 members (excludes halogenated alkanes) is 1. The van der Waals surface area contributed by atoms with Gasteiger partial charge in [-0.1, -0.05) is 36.9 Å². The Bertz CT molecular complexity index is 410. The van der Waals surface area contributed by atoms with Gasteiger partial charge in [-0.05, 0) is 30.9 Å². The van der Waals surface area contributed by atoms with Crippen molar-refractivity contribution in [2.24, 2.45) is 0 Å². The van der Waals surface area contributed by atoms with Gasteiger partial charge in [-0.2, -0.15) is 0 Å². The zero-order chi connectivity index (χ0) is 15.2. The molecule has 0 spiro atoms. The van der Waals surface area contributed by atoms with Crippen molar-refractivity contribution in [3.05, 3.63) is 54.3 Å². The van der Waals surface area contributed by atoms with E-state index in [-0.39, 0.29) is 12.2 Å². The third-order valence-electron chi connectivity index (χ3n) is 2.39. The molecule has 4 nitrogen and oxygen atoms in total. The van der Waals surface area contributed by atoms with Gasteiger partial charge in [-0.25, -0.2) is 4.79 Å². The Labute approximate surface area is 120 Å². The summed E-state index contributed by atoms with van der Waals surface area (Å²) in [7, 11) is 1.64. The predicted molar refractivity (Wildman–Crippen MR) is 80.2 cm³/mol. The maximum Gasteiger partial charge on any atom is 0.330 e. The van der Waals surface area contributed by atoms with Crippen LogP contribution in [0.15, 0.2) is 48.7 Å². The van der Waals surface area contributed by atoms with E-state index in [0.717, 1.165) is 5.56 Å². The fourth-order valence-electron chi connectivity index (χ4n) is 1.27. The molecule has 0 aliphatic carbocycles.